The third-order valence-electron chi connectivity index (χ3n) is 3.75. The maximum Gasteiger partial charge on any atom is 0.193 e. The summed E-state index contributed by atoms with van der Waals surface area (Å²) in [5, 5.41) is 3.16. The van der Waals surface area contributed by atoms with Gasteiger partial charge in [-0.15, -0.1) is 24.0 Å². The zero-order valence-electron chi connectivity index (χ0n) is 12.3. The van der Waals surface area contributed by atoms with Gasteiger partial charge < -0.3 is 16.0 Å². The number of halogens is 1. The van der Waals surface area contributed by atoms with Gasteiger partial charge in [0.1, 0.15) is 0 Å². The van der Waals surface area contributed by atoms with E-state index in [4.69, 9.17) is 5.73 Å². The van der Waals surface area contributed by atoms with Gasteiger partial charge in [0.05, 0.1) is 6.54 Å². The number of likely N-dealkylation sites (N-methyl/N-ethyl adjacent to an activating group) is 1. The molecule has 2 rings (SSSR count). The Kier molecular flexibility index (Phi) is 7.29. The lowest BCUT2D eigenvalue weighted by atomic mass is 10.1. The van der Waals surface area contributed by atoms with Crippen LogP contribution in [-0.4, -0.2) is 37.0 Å². The van der Waals surface area contributed by atoms with Crippen molar-refractivity contribution in [2.24, 2.45) is 10.7 Å². The number of hydrogen-bond donors (Lipinski definition) is 2. The first-order valence-electron chi connectivity index (χ1n) is 7.05. The standard InChI is InChI=1S/C15H24N4.HI/c1-3-12-6-4-7-13(10-12)18-15(16)17-11-14-8-5-9-19(14)2;/h4,6-7,10,14H,3,5,8-9,11H2,1-2H3,(H3,16,17,18);1H. The van der Waals surface area contributed by atoms with Gasteiger partial charge in [-0.05, 0) is 50.6 Å². The molecule has 1 saturated heterocycles. The van der Waals surface area contributed by atoms with Crippen LogP contribution in [0.3, 0.4) is 0 Å². The van der Waals surface area contributed by atoms with E-state index < -0.39 is 0 Å². The van der Waals surface area contributed by atoms with E-state index >= 15 is 0 Å². The number of nitrogens with zero attached hydrogens (tertiary/aromatic N) is 2. The molecule has 4 nitrogen and oxygen atoms in total. The third-order valence-corrected chi connectivity index (χ3v) is 3.75. The monoisotopic (exact) mass is 388 g/mol. The minimum absolute atomic E-state index is 0. The molecule has 1 fully saturated rings. The summed E-state index contributed by atoms with van der Waals surface area (Å²) in [7, 11) is 2.15. The summed E-state index contributed by atoms with van der Waals surface area (Å²) >= 11 is 0. The van der Waals surface area contributed by atoms with Crippen molar-refractivity contribution in [3.05, 3.63) is 29.8 Å². The molecular weight excluding hydrogens is 363 g/mol. The largest absolute Gasteiger partial charge is 0.370 e. The van der Waals surface area contributed by atoms with E-state index in [1.54, 1.807) is 0 Å². The average molecular weight is 388 g/mol. The summed E-state index contributed by atoms with van der Waals surface area (Å²) in [6.45, 7) is 4.10. The SMILES string of the molecule is CCc1cccc(NC(N)=NCC2CCCN2C)c1.I. The van der Waals surface area contributed by atoms with Crippen LogP contribution in [0.5, 0.6) is 0 Å². The van der Waals surface area contributed by atoms with Crippen LogP contribution < -0.4 is 11.1 Å². The van der Waals surface area contributed by atoms with Crippen molar-refractivity contribution >= 4 is 35.6 Å². The highest BCUT2D eigenvalue weighted by Crippen LogP contribution is 2.15. The summed E-state index contributed by atoms with van der Waals surface area (Å²) in [5.74, 6) is 0.508. The smallest absolute Gasteiger partial charge is 0.193 e. The van der Waals surface area contributed by atoms with Crippen molar-refractivity contribution < 1.29 is 0 Å². The van der Waals surface area contributed by atoms with E-state index in [1.165, 1.54) is 24.9 Å². The first-order valence-corrected chi connectivity index (χ1v) is 7.05. The Labute approximate surface area is 138 Å². The molecule has 1 aromatic rings. The first kappa shape index (κ1) is 17.2. The first-order chi connectivity index (χ1) is 9.19. The van der Waals surface area contributed by atoms with E-state index in [9.17, 15) is 0 Å². The molecule has 0 amide bonds. The highest BCUT2D eigenvalue weighted by Gasteiger charge is 2.19. The van der Waals surface area contributed by atoms with Crippen molar-refractivity contribution in [1.29, 1.82) is 0 Å². The maximum absolute atomic E-state index is 5.94. The molecular formula is C15H25IN4. The van der Waals surface area contributed by atoms with Crippen molar-refractivity contribution in [1.82, 2.24) is 4.90 Å². The fourth-order valence-corrected chi connectivity index (χ4v) is 2.47. The Balaban J connectivity index is 0.00000200. The maximum atomic E-state index is 5.94. The number of aryl methyl sites for hydroxylation is 1. The summed E-state index contributed by atoms with van der Waals surface area (Å²) in [6.07, 6.45) is 3.51. The fraction of sp³-hybridized carbons (Fsp3) is 0.533. The molecule has 1 atom stereocenters. The Hall–Kier alpha value is -0.820. The lowest BCUT2D eigenvalue weighted by molar-refractivity contribution is 0.317. The summed E-state index contributed by atoms with van der Waals surface area (Å²) in [5.41, 5.74) is 8.25. The number of likely N-dealkylation sites (tertiary alicyclic amines) is 1. The van der Waals surface area contributed by atoms with E-state index in [2.05, 4.69) is 41.3 Å². The van der Waals surface area contributed by atoms with E-state index in [0.717, 1.165) is 18.7 Å². The van der Waals surface area contributed by atoms with Gasteiger partial charge >= 0.3 is 0 Å². The molecule has 1 aliphatic heterocycles. The predicted octanol–water partition coefficient (Wildman–Crippen LogP) is 2.69. The topological polar surface area (TPSA) is 53.6 Å². The quantitative estimate of drug-likeness (QED) is 0.474. The number of benzene rings is 1. The van der Waals surface area contributed by atoms with Crippen molar-refractivity contribution in [2.75, 3.05) is 25.5 Å². The minimum Gasteiger partial charge on any atom is -0.370 e. The molecule has 0 saturated carbocycles. The second kappa shape index (κ2) is 8.46. The van der Waals surface area contributed by atoms with E-state index in [0.29, 0.717) is 12.0 Å². The van der Waals surface area contributed by atoms with Crippen LogP contribution in [0, 0.1) is 0 Å². The second-order valence-electron chi connectivity index (χ2n) is 5.18. The van der Waals surface area contributed by atoms with Gasteiger partial charge in [0.15, 0.2) is 5.96 Å². The Morgan fingerprint density at radius 1 is 1.50 bits per heavy atom. The van der Waals surface area contributed by atoms with Gasteiger partial charge in [0.2, 0.25) is 0 Å². The van der Waals surface area contributed by atoms with Crippen LogP contribution >= 0.6 is 24.0 Å². The Morgan fingerprint density at radius 3 is 2.95 bits per heavy atom. The molecule has 1 aliphatic rings. The second-order valence-corrected chi connectivity index (χ2v) is 5.18. The lowest BCUT2D eigenvalue weighted by Gasteiger charge is -2.17. The number of hydrogen-bond acceptors (Lipinski definition) is 2. The molecule has 3 N–H and O–H groups in total. The number of aliphatic imine (C=N–C) groups is 1. The number of anilines is 1. The number of guanidine groups is 1. The molecule has 112 valence electrons. The Bertz CT molecular complexity index is 447. The molecule has 1 heterocycles. The minimum atomic E-state index is 0. The average Bonchev–Trinajstić information content (AvgIpc) is 2.82. The summed E-state index contributed by atoms with van der Waals surface area (Å²) in [4.78, 5) is 6.80. The highest BCUT2D eigenvalue weighted by atomic mass is 127. The van der Waals surface area contributed by atoms with Gasteiger partial charge in [0.25, 0.3) is 0 Å². The van der Waals surface area contributed by atoms with Crippen LogP contribution in [0.25, 0.3) is 0 Å². The van der Waals surface area contributed by atoms with Crippen LogP contribution in [-0.2, 0) is 6.42 Å². The molecule has 0 radical (unpaired) electrons. The van der Waals surface area contributed by atoms with Crippen molar-refractivity contribution in [3.63, 3.8) is 0 Å². The van der Waals surface area contributed by atoms with Gasteiger partial charge in [-0.25, -0.2) is 0 Å². The van der Waals surface area contributed by atoms with Crippen LogP contribution in [0.1, 0.15) is 25.3 Å². The normalized spacial score (nSPS) is 19.7. The highest BCUT2D eigenvalue weighted by molar-refractivity contribution is 14.0. The lowest BCUT2D eigenvalue weighted by Crippen LogP contribution is -2.30. The third kappa shape index (κ3) is 4.94. The molecule has 1 aromatic carbocycles. The van der Waals surface area contributed by atoms with Gasteiger partial charge in [0, 0.05) is 11.7 Å². The van der Waals surface area contributed by atoms with Gasteiger partial charge in [-0.1, -0.05) is 19.1 Å². The fourth-order valence-electron chi connectivity index (χ4n) is 2.47. The number of rotatable bonds is 4. The molecule has 20 heavy (non-hydrogen) atoms. The van der Waals surface area contributed by atoms with E-state index in [-0.39, 0.29) is 24.0 Å². The van der Waals surface area contributed by atoms with Crippen LogP contribution in [0.4, 0.5) is 5.69 Å². The van der Waals surface area contributed by atoms with Crippen LogP contribution in [0.15, 0.2) is 29.3 Å². The predicted molar refractivity (Wildman–Crippen MR) is 97.0 cm³/mol. The summed E-state index contributed by atoms with van der Waals surface area (Å²) < 4.78 is 0. The van der Waals surface area contributed by atoms with E-state index in [1.807, 2.05) is 12.1 Å². The van der Waals surface area contributed by atoms with Crippen molar-refractivity contribution in [2.45, 2.75) is 32.2 Å². The zero-order chi connectivity index (χ0) is 13.7. The molecule has 0 aromatic heterocycles. The number of nitrogens with two attached hydrogens (primary N) is 1. The summed E-state index contributed by atoms with van der Waals surface area (Å²) in [6, 6.07) is 8.83. The molecule has 0 bridgehead atoms. The Morgan fingerprint density at radius 2 is 2.30 bits per heavy atom. The molecule has 0 spiro atoms. The van der Waals surface area contributed by atoms with Crippen molar-refractivity contribution in [3.8, 4) is 0 Å². The van der Waals surface area contributed by atoms with Gasteiger partial charge in [-0.3, -0.25) is 4.99 Å². The van der Waals surface area contributed by atoms with Gasteiger partial charge in [-0.2, -0.15) is 0 Å². The molecule has 5 heteroatoms. The van der Waals surface area contributed by atoms with Crippen LogP contribution in [0.2, 0.25) is 0 Å². The molecule has 0 aliphatic carbocycles. The number of nitrogens with one attached hydrogen (secondary N) is 1. The zero-order valence-corrected chi connectivity index (χ0v) is 14.6. The molecule has 1 unspecified atom stereocenters.